The van der Waals surface area contributed by atoms with E-state index in [1.54, 1.807) is 0 Å². The summed E-state index contributed by atoms with van der Waals surface area (Å²) in [5, 5.41) is 0. The van der Waals surface area contributed by atoms with Crippen LogP contribution in [-0.2, 0) is 4.79 Å². The van der Waals surface area contributed by atoms with E-state index in [9.17, 15) is 4.79 Å². The van der Waals surface area contributed by atoms with Crippen molar-refractivity contribution in [2.75, 3.05) is 0 Å². The maximum absolute atomic E-state index is 10.2. The highest BCUT2D eigenvalue weighted by Crippen LogP contribution is 2.19. The Labute approximate surface area is 76.6 Å². The van der Waals surface area contributed by atoms with Gasteiger partial charge >= 0.3 is 0 Å². The predicted molar refractivity (Wildman–Crippen MR) is 53.1 cm³/mol. The van der Waals surface area contributed by atoms with Crippen LogP contribution in [0, 0.1) is 17.8 Å². The highest BCUT2D eigenvalue weighted by Gasteiger charge is 2.09. The molecule has 12 heavy (non-hydrogen) atoms. The zero-order valence-electron chi connectivity index (χ0n) is 8.84. The zero-order valence-corrected chi connectivity index (χ0v) is 8.84. The summed E-state index contributed by atoms with van der Waals surface area (Å²) in [7, 11) is 0. The average molecular weight is 170 g/mol. The van der Waals surface area contributed by atoms with Crippen molar-refractivity contribution in [1.82, 2.24) is 0 Å². The molecule has 0 N–H and O–H groups in total. The molecule has 0 aliphatic carbocycles. The van der Waals surface area contributed by atoms with Crippen LogP contribution in [0.1, 0.15) is 47.0 Å². The lowest BCUT2D eigenvalue weighted by molar-refractivity contribution is -0.108. The number of aldehydes is 1. The summed E-state index contributed by atoms with van der Waals surface area (Å²) in [4.78, 5) is 10.2. The maximum atomic E-state index is 10.2. The van der Waals surface area contributed by atoms with E-state index in [2.05, 4.69) is 27.7 Å². The van der Waals surface area contributed by atoms with Gasteiger partial charge < -0.3 is 4.79 Å². The van der Waals surface area contributed by atoms with Crippen molar-refractivity contribution in [2.24, 2.45) is 17.8 Å². The van der Waals surface area contributed by atoms with Crippen LogP contribution in [0.3, 0.4) is 0 Å². The van der Waals surface area contributed by atoms with Crippen LogP contribution in [0.25, 0.3) is 0 Å². The third-order valence-electron chi connectivity index (χ3n) is 2.75. The van der Waals surface area contributed by atoms with E-state index in [1.807, 2.05) is 0 Å². The van der Waals surface area contributed by atoms with Gasteiger partial charge in [-0.25, -0.2) is 0 Å². The molecular formula is C11H22O. The van der Waals surface area contributed by atoms with Crippen LogP contribution < -0.4 is 0 Å². The molecule has 0 amide bonds. The molecule has 0 saturated carbocycles. The van der Waals surface area contributed by atoms with Gasteiger partial charge in [0.2, 0.25) is 0 Å². The zero-order chi connectivity index (χ0) is 9.56. The van der Waals surface area contributed by atoms with E-state index in [1.165, 1.54) is 12.8 Å². The Hall–Kier alpha value is -0.330. The van der Waals surface area contributed by atoms with Crippen LogP contribution in [0.5, 0.6) is 0 Å². The molecule has 1 heteroatoms. The first-order valence-corrected chi connectivity index (χ1v) is 5.01. The van der Waals surface area contributed by atoms with Crippen molar-refractivity contribution in [2.45, 2.75) is 47.0 Å². The standard InChI is InChI=1S/C11H22O/c1-9(2)11(4)6-5-10(3)7-8-12/h8-11H,5-7H2,1-4H3. The monoisotopic (exact) mass is 170 g/mol. The molecule has 0 fully saturated rings. The Bertz CT molecular complexity index is 118. The first-order chi connectivity index (χ1) is 5.57. The van der Waals surface area contributed by atoms with E-state index in [0.29, 0.717) is 5.92 Å². The van der Waals surface area contributed by atoms with Gasteiger partial charge in [0.1, 0.15) is 6.29 Å². The quantitative estimate of drug-likeness (QED) is 0.559. The molecule has 0 aromatic carbocycles. The average Bonchev–Trinajstić information content (AvgIpc) is 2.00. The minimum absolute atomic E-state index is 0.573. The topological polar surface area (TPSA) is 17.1 Å². The van der Waals surface area contributed by atoms with Crippen molar-refractivity contribution in [1.29, 1.82) is 0 Å². The van der Waals surface area contributed by atoms with Crippen LogP contribution in [0.4, 0.5) is 0 Å². The molecule has 0 aliphatic heterocycles. The third kappa shape index (κ3) is 5.34. The van der Waals surface area contributed by atoms with Gasteiger partial charge in [0.05, 0.1) is 0 Å². The molecule has 0 aromatic rings. The summed E-state index contributed by atoms with van der Waals surface area (Å²) >= 11 is 0. The Morgan fingerprint density at radius 3 is 2.08 bits per heavy atom. The van der Waals surface area contributed by atoms with Gasteiger partial charge in [-0.2, -0.15) is 0 Å². The summed E-state index contributed by atoms with van der Waals surface area (Å²) in [5.74, 6) is 2.14. The lowest BCUT2D eigenvalue weighted by Gasteiger charge is -2.16. The molecule has 2 unspecified atom stereocenters. The minimum atomic E-state index is 0.573. The van der Waals surface area contributed by atoms with Crippen LogP contribution >= 0.6 is 0 Å². The highest BCUT2D eigenvalue weighted by atomic mass is 16.1. The molecule has 72 valence electrons. The number of carbonyl (C=O) groups excluding carboxylic acids is 1. The smallest absolute Gasteiger partial charge is 0.120 e. The Balaban J connectivity index is 3.46. The third-order valence-corrected chi connectivity index (χ3v) is 2.75. The van der Waals surface area contributed by atoms with E-state index in [0.717, 1.165) is 24.5 Å². The maximum Gasteiger partial charge on any atom is 0.120 e. The van der Waals surface area contributed by atoms with Crippen LogP contribution in [0.2, 0.25) is 0 Å². The molecule has 0 saturated heterocycles. The number of hydrogen-bond donors (Lipinski definition) is 0. The summed E-state index contributed by atoms with van der Waals surface area (Å²) < 4.78 is 0. The molecular weight excluding hydrogens is 148 g/mol. The first-order valence-electron chi connectivity index (χ1n) is 5.01. The van der Waals surface area contributed by atoms with Gasteiger partial charge in [-0.05, 0) is 17.8 Å². The van der Waals surface area contributed by atoms with Gasteiger partial charge in [0.25, 0.3) is 0 Å². The summed E-state index contributed by atoms with van der Waals surface area (Å²) in [5.41, 5.74) is 0. The Kier molecular flexibility index (Phi) is 6.04. The molecule has 0 spiro atoms. The number of hydrogen-bond acceptors (Lipinski definition) is 1. The fourth-order valence-electron chi connectivity index (χ4n) is 1.16. The van der Waals surface area contributed by atoms with Gasteiger partial charge in [0, 0.05) is 6.42 Å². The normalized spacial score (nSPS) is 16.1. The second kappa shape index (κ2) is 6.22. The lowest BCUT2D eigenvalue weighted by Crippen LogP contribution is -2.06. The molecule has 0 aliphatic rings. The fraction of sp³-hybridized carbons (Fsp3) is 0.909. The van der Waals surface area contributed by atoms with Gasteiger partial charge in [-0.15, -0.1) is 0 Å². The Morgan fingerprint density at radius 2 is 1.67 bits per heavy atom. The van der Waals surface area contributed by atoms with E-state index in [-0.39, 0.29) is 0 Å². The van der Waals surface area contributed by atoms with Crippen molar-refractivity contribution in [3.63, 3.8) is 0 Å². The van der Waals surface area contributed by atoms with Crippen LogP contribution in [-0.4, -0.2) is 6.29 Å². The van der Waals surface area contributed by atoms with Gasteiger partial charge in [0.15, 0.2) is 0 Å². The number of carbonyl (C=O) groups is 1. The van der Waals surface area contributed by atoms with Gasteiger partial charge in [-0.3, -0.25) is 0 Å². The molecule has 0 heterocycles. The molecule has 0 radical (unpaired) electrons. The first kappa shape index (κ1) is 11.7. The van der Waals surface area contributed by atoms with Crippen molar-refractivity contribution >= 4 is 6.29 Å². The number of rotatable bonds is 6. The second-order valence-corrected chi connectivity index (χ2v) is 4.31. The largest absolute Gasteiger partial charge is 0.303 e. The fourth-order valence-corrected chi connectivity index (χ4v) is 1.16. The van der Waals surface area contributed by atoms with Crippen molar-refractivity contribution < 1.29 is 4.79 Å². The summed E-state index contributed by atoms with van der Waals surface area (Å²) in [6.07, 6.45) is 4.21. The molecule has 0 bridgehead atoms. The second-order valence-electron chi connectivity index (χ2n) is 4.31. The molecule has 0 rings (SSSR count). The predicted octanol–water partition coefficient (Wildman–Crippen LogP) is 3.28. The van der Waals surface area contributed by atoms with Crippen molar-refractivity contribution in [3.8, 4) is 0 Å². The van der Waals surface area contributed by atoms with E-state index < -0.39 is 0 Å². The summed E-state index contributed by atoms with van der Waals surface area (Å²) in [6.45, 7) is 8.96. The van der Waals surface area contributed by atoms with Gasteiger partial charge in [-0.1, -0.05) is 40.5 Å². The Morgan fingerprint density at radius 1 is 1.08 bits per heavy atom. The lowest BCUT2D eigenvalue weighted by atomic mass is 9.89. The minimum Gasteiger partial charge on any atom is -0.303 e. The molecule has 1 nitrogen and oxygen atoms in total. The van der Waals surface area contributed by atoms with Crippen LogP contribution in [0.15, 0.2) is 0 Å². The summed E-state index contributed by atoms with van der Waals surface area (Å²) in [6, 6.07) is 0. The van der Waals surface area contributed by atoms with Crippen molar-refractivity contribution in [3.05, 3.63) is 0 Å². The molecule has 2 atom stereocenters. The highest BCUT2D eigenvalue weighted by molar-refractivity contribution is 5.49. The van der Waals surface area contributed by atoms with E-state index in [4.69, 9.17) is 0 Å². The van der Waals surface area contributed by atoms with E-state index >= 15 is 0 Å². The molecule has 0 aromatic heterocycles. The SMILES string of the molecule is CC(CC=O)CCC(C)C(C)C.